The highest BCUT2D eigenvalue weighted by Gasteiger charge is 2.28. The fourth-order valence-electron chi connectivity index (χ4n) is 2.23. The van der Waals surface area contributed by atoms with E-state index >= 15 is 0 Å². The lowest BCUT2D eigenvalue weighted by atomic mass is 10.0. The summed E-state index contributed by atoms with van der Waals surface area (Å²) in [5.41, 5.74) is 8.11. The summed E-state index contributed by atoms with van der Waals surface area (Å²) in [6.45, 7) is 5.04. The summed E-state index contributed by atoms with van der Waals surface area (Å²) in [7, 11) is 0. The van der Waals surface area contributed by atoms with Gasteiger partial charge in [-0.25, -0.2) is 4.68 Å². The zero-order chi connectivity index (χ0) is 10.1. The lowest BCUT2D eigenvalue weighted by Crippen LogP contribution is -2.06. The SMILES string of the molecule is CC(C)n1nnc2c1CCC2CCN. The van der Waals surface area contributed by atoms with Gasteiger partial charge in [0.2, 0.25) is 0 Å². The maximum Gasteiger partial charge on any atom is 0.0890 e. The van der Waals surface area contributed by atoms with Crippen LogP contribution >= 0.6 is 0 Å². The maximum absolute atomic E-state index is 5.58. The minimum absolute atomic E-state index is 0.419. The molecule has 0 saturated heterocycles. The number of nitrogens with two attached hydrogens (primary N) is 1. The zero-order valence-corrected chi connectivity index (χ0v) is 8.90. The second-order valence-corrected chi connectivity index (χ2v) is 4.27. The van der Waals surface area contributed by atoms with Crippen molar-refractivity contribution < 1.29 is 0 Å². The van der Waals surface area contributed by atoms with E-state index in [2.05, 4.69) is 24.2 Å². The summed E-state index contributed by atoms with van der Waals surface area (Å²) in [4.78, 5) is 0. The molecule has 1 heterocycles. The number of hydrogen-bond donors (Lipinski definition) is 1. The Morgan fingerprint density at radius 1 is 1.57 bits per heavy atom. The third-order valence-corrected chi connectivity index (χ3v) is 2.94. The van der Waals surface area contributed by atoms with Crippen molar-refractivity contribution in [3.8, 4) is 0 Å². The quantitative estimate of drug-likeness (QED) is 0.787. The largest absolute Gasteiger partial charge is 0.330 e. The number of nitrogens with zero attached hydrogens (tertiary/aromatic N) is 3. The van der Waals surface area contributed by atoms with E-state index in [1.807, 2.05) is 4.68 Å². The van der Waals surface area contributed by atoms with Crippen LogP contribution in [-0.4, -0.2) is 21.5 Å². The first kappa shape index (κ1) is 9.65. The van der Waals surface area contributed by atoms with Gasteiger partial charge in [-0.2, -0.15) is 0 Å². The first-order chi connectivity index (χ1) is 6.74. The van der Waals surface area contributed by atoms with Gasteiger partial charge in [-0.3, -0.25) is 0 Å². The molecule has 14 heavy (non-hydrogen) atoms. The molecule has 78 valence electrons. The predicted octanol–water partition coefficient (Wildman–Crippen LogP) is 1.24. The normalized spacial score (nSPS) is 20.4. The van der Waals surface area contributed by atoms with Crippen molar-refractivity contribution in [2.45, 2.75) is 45.1 Å². The summed E-state index contributed by atoms with van der Waals surface area (Å²) in [6.07, 6.45) is 3.36. The molecule has 0 radical (unpaired) electrons. The van der Waals surface area contributed by atoms with E-state index in [4.69, 9.17) is 5.73 Å². The van der Waals surface area contributed by atoms with Crippen molar-refractivity contribution >= 4 is 0 Å². The Kier molecular flexibility index (Phi) is 2.54. The molecule has 1 unspecified atom stereocenters. The molecule has 4 heteroatoms. The van der Waals surface area contributed by atoms with Crippen molar-refractivity contribution in [1.29, 1.82) is 0 Å². The van der Waals surface area contributed by atoms with Crippen LogP contribution in [0.2, 0.25) is 0 Å². The standard InChI is InChI=1S/C10H18N4/c1-7(2)14-9-4-3-8(5-6-11)10(9)12-13-14/h7-8H,3-6,11H2,1-2H3. The van der Waals surface area contributed by atoms with E-state index in [0.717, 1.165) is 19.4 Å². The molecule has 2 N–H and O–H groups in total. The van der Waals surface area contributed by atoms with E-state index in [0.29, 0.717) is 12.0 Å². The first-order valence-corrected chi connectivity index (χ1v) is 5.38. The third kappa shape index (κ3) is 1.43. The fraction of sp³-hybridized carbons (Fsp3) is 0.800. The predicted molar refractivity (Wildman–Crippen MR) is 55.1 cm³/mol. The summed E-state index contributed by atoms with van der Waals surface area (Å²) >= 11 is 0. The molecule has 1 atom stereocenters. The van der Waals surface area contributed by atoms with Crippen LogP contribution in [0.15, 0.2) is 0 Å². The first-order valence-electron chi connectivity index (χ1n) is 5.38. The van der Waals surface area contributed by atoms with Crippen molar-refractivity contribution in [3.63, 3.8) is 0 Å². The lowest BCUT2D eigenvalue weighted by Gasteiger charge is -2.06. The molecule has 0 bridgehead atoms. The molecule has 0 spiro atoms. The van der Waals surface area contributed by atoms with Gasteiger partial charge in [-0.15, -0.1) is 5.10 Å². The monoisotopic (exact) mass is 194 g/mol. The summed E-state index contributed by atoms with van der Waals surface area (Å²) in [5, 5.41) is 8.47. The molecule has 1 aromatic rings. The number of aromatic nitrogens is 3. The van der Waals surface area contributed by atoms with Gasteiger partial charge in [-0.05, 0) is 39.7 Å². The summed E-state index contributed by atoms with van der Waals surface area (Å²) in [6, 6.07) is 0.419. The average Bonchev–Trinajstić information content (AvgIpc) is 2.67. The molecule has 4 nitrogen and oxygen atoms in total. The van der Waals surface area contributed by atoms with E-state index in [1.165, 1.54) is 17.8 Å². The maximum atomic E-state index is 5.58. The zero-order valence-electron chi connectivity index (χ0n) is 8.90. The van der Waals surface area contributed by atoms with Crippen LogP contribution in [0.25, 0.3) is 0 Å². The molecule has 0 amide bonds. The van der Waals surface area contributed by atoms with Crippen LogP contribution in [0.1, 0.15) is 50.0 Å². The average molecular weight is 194 g/mol. The molecule has 1 aromatic heterocycles. The smallest absolute Gasteiger partial charge is 0.0890 e. The molecular formula is C10H18N4. The van der Waals surface area contributed by atoms with Crippen LogP contribution in [-0.2, 0) is 6.42 Å². The molecule has 0 aromatic carbocycles. The highest BCUT2D eigenvalue weighted by Crippen LogP contribution is 2.34. The van der Waals surface area contributed by atoms with Crippen molar-refractivity contribution in [2.75, 3.05) is 6.54 Å². The topological polar surface area (TPSA) is 56.7 Å². The Hall–Kier alpha value is -0.900. The molecule has 0 saturated carbocycles. The van der Waals surface area contributed by atoms with Crippen molar-refractivity contribution in [3.05, 3.63) is 11.4 Å². The Bertz CT molecular complexity index is 316. The van der Waals surface area contributed by atoms with E-state index in [9.17, 15) is 0 Å². The van der Waals surface area contributed by atoms with E-state index in [1.54, 1.807) is 0 Å². The molecule has 0 fully saturated rings. The minimum atomic E-state index is 0.419. The number of fused-ring (bicyclic) bond motifs is 1. The van der Waals surface area contributed by atoms with Crippen LogP contribution in [0.5, 0.6) is 0 Å². The molecule has 2 rings (SSSR count). The molecule has 1 aliphatic rings. The van der Waals surface area contributed by atoms with Gasteiger partial charge in [0, 0.05) is 12.0 Å². The molecular weight excluding hydrogens is 176 g/mol. The third-order valence-electron chi connectivity index (χ3n) is 2.94. The Morgan fingerprint density at radius 2 is 2.36 bits per heavy atom. The lowest BCUT2D eigenvalue weighted by molar-refractivity contribution is 0.486. The van der Waals surface area contributed by atoms with Gasteiger partial charge in [0.15, 0.2) is 0 Å². The molecule has 0 aliphatic heterocycles. The fourth-order valence-corrected chi connectivity index (χ4v) is 2.23. The van der Waals surface area contributed by atoms with Gasteiger partial charge >= 0.3 is 0 Å². The molecule has 1 aliphatic carbocycles. The number of rotatable bonds is 3. The highest BCUT2D eigenvalue weighted by molar-refractivity contribution is 5.22. The van der Waals surface area contributed by atoms with Gasteiger partial charge in [0.1, 0.15) is 0 Å². The summed E-state index contributed by atoms with van der Waals surface area (Å²) < 4.78 is 2.05. The number of hydrogen-bond acceptors (Lipinski definition) is 3. The van der Waals surface area contributed by atoms with Crippen LogP contribution in [0, 0.1) is 0 Å². The van der Waals surface area contributed by atoms with E-state index < -0.39 is 0 Å². The summed E-state index contributed by atoms with van der Waals surface area (Å²) in [5.74, 6) is 0.558. The second kappa shape index (κ2) is 3.69. The Morgan fingerprint density at radius 3 is 3.00 bits per heavy atom. The van der Waals surface area contributed by atoms with Crippen molar-refractivity contribution in [2.24, 2.45) is 5.73 Å². The minimum Gasteiger partial charge on any atom is -0.330 e. The van der Waals surface area contributed by atoms with Gasteiger partial charge in [0.25, 0.3) is 0 Å². The van der Waals surface area contributed by atoms with Gasteiger partial charge in [-0.1, -0.05) is 5.21 Å². The highest BCUT2D eigenvalue weighted by atomic mass is 15.4. The van der Waals surface area contributed by atoms with Crippen LogP contribution in [0.3, 0.4) is 0 Å². The van der Waals surface area contributed by atoms with Crippen LogP contribution in [0.4, 0.5) is 0 Å². The Balaban J connectivity index is 2.25. The van der Waals surface area contributed by atoms with Gasteiger partial charge < -0.3 is 5.73 Å². The Labute approximate surface area is 84.5 Å². The second-order valence-electron chi connectivity index (χ2n) is 4.27. The van der Waals surface area contributed by atoms with E-state index in [-0.39, 0.29) is 0 Å². The van der Waals surface area contributed by atoms with Gasteiger partial charge in [0.05, 0.1) is 11.4 Å². The van der Waals surface area contributed by atoms with Crippen LogP contribution < -0.4 is 5.73 Å². The van der Waals surface area contributed by atoms with Crippen molar-refractivity contribution in [1.82, 2.24) is 15.0 Å².